The summed E-state index contributed by atoms with van der Waals surface area (Å²) in [6.07, 6.45) is 3.30. The van der Waals surface area contributed by atoms with Gasteiger partial charge in [0, 0.05) is 18.7 Å². The molecule has 1 atom stereocenters. The number of para-hydroxylation sites is 2. The predicted molar refractivity (Wildman–Crippen MR) is 80.8 cm³/mol. The van der Waals surface area contributed by atoms with Crippen molar-refractivity contribution in [3.05, 3.63) is 54.1 Å². The summed E-state index contributed by atoms with van der Waals surface area (Å²) in [5, 5.41) is 14.8. The minimum absolute atomic E-state index is 0.316. The first-order valence-electron chi connectivity index (χ1n) is 7.07. The molecule has 1 unspecified atom stereocenters. The summed E-state index contributed by atoms with van der Waals surface area (Å²) in [6.45, 7) is 4.14. The molecule has 0 saturated heterocycles. The third-order valence-electron chi connectivity index (χ3n) is 3.40. The molecule has 0 aliphatic heterocycles. The molecule has 2 heterocycles. The molecule has 21 heavy (non-hydrogen) atoms. The normalized spacial score (nSPS) is 13.0. The van der Waals surface area contributed by atoms with E-state index in [9.17, 15) is 5.11 Å². The molecule has 0 saturated carbocycles. The Morgan fingerprint density at radius 1 is 1.14 bits per heavy atom. The van der Waals surface area contributed by atoms with Crippen LogP contribution < -0.4 is 0 Å². The minimum Gasteiger partial charge on any atom is -0.386 e. The fraction of sp³-hybridized carbons (Fsp3) is 0.312. The van der Waals surface area contributed by atoms with Crippen LogP contribution in [-0.4, -0.2) is 24.9 Å². The minimum atomic E-state index is -0.697. The number of fused-ring (bicyclic) bond motifs is 1. The van der Waals surface area contributed by atoms with Gasteiger partial charge in [-0.1, -0.05) is 12.1 Å². The molecular weight excluding hydrogens is 264 g/mol. The van der Waals surface area contributed by atoms with E-state index < -0.39 is 6.10 Å². The molecule has 0 aliphatic rings. The number of nitrogens with zero attached hydrogens (tertiary/aromatic N) is 4. The van der Waals surface area contributed by atoms with Gasteiger partial charge < -0.3 is 5.11 Å². The van der Waals surface area contributed by atoms with E-state index in [4.69, 9.17) is 0 Å². The molecule has 108 valence electrons. The summed E-state index contributed by atoms with van der Waals surface area (Å²) in [7, 11) is 0. The number of benzene rings is 1. The fourth-order valence-corrected chi connectivity index (χ4v) is 2.21. The summed E-state index contributed by atoms with van der Waals surface area (Å²) in [5.41, 5.74) is 3.05. The predicted octanol–water partition coefficient (Wildman–Crippen LogP) is 2.68. The summed E-state index contributed by atoms with van der Waals surface area (Å²) in [5.74, 6) is 0. The first kappa shape index (κ1) is 13.7. The number of aliphatic hydroxyl groups excluding tert-OH is 1. The molecule has 0 aliphatic carbocycles. The van der Waals surface area contributed by atoms with Crippen LogP contribution in [-0.2, 0) is 6.42 Å². The second-order valence-corrected chi connectivity index (χ2v) is 5.38. The molecule has 3 aromatic rings. The van der Waals surface area contributed by atoms with Crippen LogP contribution in [0.3, 0.4) is 0 Å². The second kappa shape index (κ2) is 5.61. The molecule has 0 spiro atoms. The topological polar surface area (TPSA) is 63.8 Å². The zero-order valence-electron chi connectivity index (χ0n) is 12.1. The maximum Gasteiger partial charge on any atom is 0.103 e. The van der Waals surface area contributed by atoms with Gasteiger partial charge in [-0.2, -0.15) is 5.10 Å². The van der Waals surface area contributed by atoms with Gasteiger partial charge in [0.25, 0.3) is 0 Å². The van der Waals surface area contributed by atoms with Crippen molar-refractivity contribution in [3.63, 3.8) is 0 Å². The number of rotatable bonds is 4. The Morgan fingerprint density at radius 3 is 2.62 bits per heavy atom. The molecule has 1 N–H and O–H groups in total. The Morgan fingerprint density at radius 2 is 1.90 bits per heavy atom. The number of aromatic nitrogens is 4. The van der Waals surface area contributed by atoms with Crippen LogP contribution in [0, 0.1) is 0 Å². The van der Waals surface area contributed by atoms with Crippen molar-refractivity contribution < 1.29 is 5.11 Å². The van der Waals surface area contributed by atoms with E-state index >= 15 is 0 Å². The van der Waals surface area contributed by atoms with Crippen molar-refractivity contribution >= 4 is 11.0 Å². The lowest BCUT2D eigenvalue weighted by Gasteiger charge is -2.09. The highest BCUT2D eigenvalue weighted by atomic mass is 16.3. The zero-order chi connectivity index (χ0) is 14.8. The third kappa shape index (κ3) is 2.92. The van der Waals surface area contributed by atoms with Crippen LogP contribution in [0.25, 0.3) is 11.0 Å². The van der Waals surface area contributed by atoms with Gasteiger partial charge in [-0.15, -0.1) is 0 Å². The van der Waals surface area contributed by atoms with Crippen molar-refractivity contribution in [1.29, 1.82) is 0 Å². The highest BCUT2D eigenvalue weighted by Crippen LogP contribution is 2.18. The van der Waals surface area contributed by atoms with Gasteiger partial charge in [-0.25, -0.2) is 4.98 Å². The van der Waals surface area contributed by atoms with Crippen LogP contribution in [0.4, 0.5) is 0 Å². The Balaban J connectivity index is 1.80. The maximum atomic E-state index is 10.3. The lowest BCUT2D eigenvalue weighted by molar-refractivity contribution is 0.172. The van der Waals surface area contributed by atoms with E-state index in [-0.39, 0.29) is 0 Å². The van der Waals surface area contributed by atoms with Gasteiger partial charge in [-0.05, 0) is 32.0 Å². The van der Waals surface area contributed by atoms with Gasteiger partial charge in [0.2, 0.25) is 0 Å². The summed E-state index contributed by atoms with van der Waals surface area (Å²) in [4.78, 5) is 8.80. The quantitative estimate of drug-likeness (QED) is 0.799. The standard InChI is InChI=1S/C16H18N4O/c1-11(2)20-8-7-12(19-20)9-16(21)15-10-17-13-5-3-4-6-14(13)18-15/h3-8,10-11,16,21H,9H2,1-2H3. The van der Waals surface area contributed by atoms with Crippen molar-refractivity contribution in [2.75, 3.05) is 0 Å². The third-order valence-corrected chi connectivity index (χ3v) is 3.40. The molecule has 5 heteroatoms. The van der Waals surface area contributed by atoms with Gasteiger partial charge in [-0.3, -0.25) is 9.67 Å². The van der Waals surface area contributed by atoms with E-state index in [1.54, 1.807) is 6.20 Å². The average Bonchev–Trinajstić information content (AvgIpc) is 2.95. The van der Waals surface area contributed by atoms with E-state index in [2.05, 4.69) is 28.9 Å². The van der Waals surface area contributed by atoms with Gasteiger partial charge >= 0.3 is 0 Å². The Labute approximate surface area is 123 Å². The molecule has 0 amide bonds. The summed E-state index contributed by atoms with van der Waals surface area (Å²) < 4.78 is 1.88. The maximum absolute atomic E-state index is 10.3. The van der Waals surface area contributed by atoms with Crippen LogP contribution >= 0.6 is 0 Å². The van der Waals surface area contributed by atoms with Crippen LogP contribution in [0.2, 0.25) is 0 Å². The summed E-state index contributed by atoms with van der Waals surface area (Å²) in [6, 6.07) is 9.88. The molecule has 0 fully saturated rings. The van der Waals surface area contributed by atoms with Crippen molar-refractivity contribution in [2.24, 2.45) is 0 Å². The van der Waals surface area contributed by atoms with E-state index in [0.717, 1.165) is 16.7 Å². The largest absolute Gasteiger partial charge is 0.386 e. The molecule has 5 nitrogen and oxygen atoms in total. The summed E-state index contributed by atoms with van der Waals surface area (Å²) >= 11 is 0. The van der Waals surface area contributed by atoms with Crippen LogP contribution in [0.5, 0.6) is 0 Å². The number of hydrogen-bond donors (Lipinski definition) is 1. The number of hydrogen-bond acceptors (Lipinski definition) is 4. The second-order valence-electron chi connectivity index (χ2n) is 5.38. The van der Waals surface area contributed by atoms with Crippen molar-refractivity contribution in [2.45, 2.75) is 32.4 Å². The lowest BCUT2D eigenvalue weighted by atomic mass is 10.1. The van der Waals surface area contributed by atoms with E-state index in [1.807, 2.05) is 41.2 Å². The average molecular weight is 282 g/mol. The zero-order valence-corrected chi connectivity index (χ0v) is 12.1. The highest BCUT2D eigenvalue weighted by molar-refractivity contribution is 5.73. The van der Waals surface area contributed by atoms with E-state index in [0.29, 0.717) is 18.2 Å². The van der Waals surface area contributed by atoms with Crippen molar-refractivity contribution in [3.8, 4) is 0 Å². The molecule has 1 aromatic carbocycles. The van der Waals surface area contributed by atoms with Crippen LogP contribution in [0.1, 0.15) is 37.4 Å². The fourth-order valence-electron chi connectivity index (χ4n) is 2.21. The number of aliphatic hydroxyl groups is 1. The van der Waals surface area contributed by atoms with Gasteiger partial charge in [0.05, 0.1) is 28.6 Å². The SMILES string of the molecule is CC(C)n1ccc(CC(O)c2cnc3ccccc3n2)n1. The Bertz CT molecular complexity index is 751. The molecule has 2 aromatic heterocycles. The lowest BCUT2D eigenvalue weighted by Crippen LogP contribution is -2.07. The smallest absolute Gasteiger partial charge is 0.103 e. The first-order valence-corrected chi connectivity index (χ1v) is 7.07. The van der Waals surface area contributed by atoms with E-state index in [1.165, 1.54) is 0 Å². The Hall–Kier alpha value is -2.27. The van der Waals surface area contributed by atoms with Crippen molar-refractivity contribution in [1.82, 2.24) is 19.7 Å². The molecular formula is C16H18N4O. The monoisotopic (exact) mass is 282 g/mol. The van der Waals surface area contributed by atoms with Gasteiger partial charge in [0.15, 0.2) is 0 Å². The van der Waals surface area contributed by atoms with Crippen LogP contribution in [0.15, 0.2) is 42.7 Å². The Kier molecular flexibility index (Phi) is 3.66. The highest BCUT2D eigenvalue weighted by Gasteiger charge is 2.13. The molecule has 3 rings (SSSR count). The molecule has 0 radical (unpaired) electrons. The first-order chi connectivity index (χ1) is 10.1. The molecule has 0 bridgehead atoms. The van der Waals surface area contributed by atoms with Gasteiger partial charge in [0.1, 0.15) is 6.10 Å².